The Labute approximate surface area is 261 Å². The number of hydrogen-bond acceptors (Lipinski definition) is 7. The molecule has 46 heavy (non-hydrogen) atoms. The van der Waals surface area contributed by atoms with E-state index >= 15 is 0 Å². The number of carbonyl (C=O) groups excluding carboxylic acids is 1. The third-order valence-corrected chi connectivity index (χ3v) is 7.36. The lowest BCUT2D eigenvalue weighted by molar-refractivity contribution is -0.143. The average molecular weight is 675 g/mol. The van der Waals surface area contributed by atoms with E-state index in [2.05, 4.69) is 10.7 Å². The van der Waals surface area contributed by atoms with Crippen LogP contribution in [0.5, 0.6) is 0 Å². The molecule has 17 heteroatoms. The zero-order valence-corrected chi connectivity index (χ0v) is 25.9. The van der Waals surface area contributed by atoms with Crippen molar-refractivity contribution in [2.24, 2.45) is 23.1 Å². The van der Waals surface area contributed by atoms with Crippen molar-refractivity contribution in [3.8, 4) is 0 Å². The molecule has 0 bridgehead atoms. The van der Waals surface area contributed by atoms with E-state index in [4.69, 9.17) is 16.2 Å². The second-order valence-electron chi connectivity index (χ2n) is 11.3. The number of ether oxygens (including phenoxy) is 1. The number of pyridine rings is 1. The first kappa shape index (κ1) is 39.2. The molecule has 0 radical (unpaired) electrons. The Balaban J connectivity index is 0.000000959. The van der Waals surface area contributed by atoms with Crippen LogP contribution in [0.1, 0.15) is 74.2 Å². The van der Waals surface area contributed by atoms with E-state index < -0.39 is 65.3 Å². The lowest BCUT2D eigenvalue weighted by Gasteiger charge is -2.47. The monoisotopic (exact) mass is 674 g/mol. The molecule has 2 aromatic rings. The molecule has 1 fully saturated rings. The van der Waals surface area contributed by atoms with E-state index in [1.54, 1.807) is 7.11 Å². The SMILES string of the molecule is CC(N)(N)N(Cc1cc(C(F)(F)F)cc(C(F)(F)F)c1)C1CC(C2CC2)N(C=O)c2ccc(C(F)(F)F)nc21.CN.COC(C)C. The van der Waals surface area contributed by atoms with E-state index in [1.165, 1.54) is 18.9 Å². The van der Waals surface area contributed by atoms with Crippen LogP contribution in [-0.2, 0) is 34.6 Å². The van der Waals surface area contributed by atoms with Gasteiger partial charge in [0.1, 0.15) is 11.5 Å². The minimum atomic E-state index is -5.11. The van der Waals surface area contributed by atoms with Gasteiger partial charge in [-0.1, -0.05) is 0 Å². The molecule has 6 N–H and O–H groups in total. The van der Waals surface area contributed by atoms with Crippen LogP contribution >= 0.6 is 0 Å². The summed E-state index contributed by atoms with van der Waals surface area (Å²) in [7, 11) is 3.20. The third-order valence-electron chi connectivity index (χ3n) is 7.36. The van der Waals surface area contributed by atoms with E-state index in [0.29, 0.717) is 30.7 Å². The smallest absolute Gasteiger partial charge is 0.382 e. The molecule has 2 unspecified atom stereocenters. The standard InChI is InChI=1S/C24H24F9N5O.C4H10O.CH5N/c1-21(34,35)38(10-12-6-14(22(25,26)27)8-15(7-12)23(28,29)30)18-9-17(13-2-3-13)37(11-39)16-4-5-19(24(31,32)33)36-20(16)18;1-4(2)5-3;1-2/h4-8,11,13,17-18H,2-3,9-10,34-35H2,1H3;4H,1-3H3;2H2,1H3. The van der Waals surface area contributed by atoms with Gasteiger partial charge in [0, 0.05) is 19.7 Å². The normalized spacial score (nSPS) is 18.8. The molecule has 2 heterocycles. The molecular weight excluding hydrogens is 635 g/mol. The van der Waals surface area contributed by atoms with Gasteiger partial charge in [0.2, 0.25) is 6.41 Å². The molecule has 1 aromatic heterocycles. The number of amides is 1. The second kappa shape index (κ2) is 14.8. The van der Waals surface area contributed by atoms with Crippen LogP contribution in [0.2, 0.25) is 0 Å². The molecular formula is C29H39F9N6O2. The number of nitrogens with two attached hydrogens (primary N) is 3. The lowest BCUT2D eigenvalue weighted by atomic mass is 9.89. The topological polar surface area (TPSA) is 124 Å². The molecule has 1 amide bonds. The average Bonchev–Trinajstić information content (AvgIpc) is 3.80. The van der Waals surface area contributed by atoms with Crippen LogP contribution in [0.25, 0.3) is 0 Å². The van der Waals surface area contributed by atoms with Crippen molar-refractivity contribution in [3.63, 3.8) is 0 Å². The Hall–Kier alpha value is -2.99. The van der Waals surface area contributed by atoms with Crippen LogP contribution in [0.15, 0.2) is 30.3 Å². The quantitative estimate of drug-likeness (QED) is 0.186. The van der Waals surface area contributed by atoms with Gasteiger partial charge in [-0.3, -0.25) is 9.69 Å². The molecule has 1 aliphatic carbocycles. The zero-order valence-electron chi connectivity index (χ0n) is 25.9. The summed E-state index contributed by atoms with van der Waals surface area (Å²) in [4.78, 5) is 18.1. The van der Waals surface area contributed by atoms with Gasteiger partial charge in [0.25, 0.3) is 0 Å². The summed E-state index contributed by atoms with van der Waals surface area (Å²) in [5, 5.41) is 0. The lowest BCUT2D eigenvalue weighted by Crippen LogP contribution is -2.62. The molecule has 0 spiro atoms. The maximum atomic E-state index is 13.6. The highest BCUT2D eigenvalue weighted by molar-refractivity contribution is 5.79. The first-order valence-electron chi connectivity index (χ1n) is 14.1. The second-order valence-corrected chi connectivity index (χ2v) is 11.3. The molecule has 1 saturated carbocycles. The van der Waals surface area contributed by atoms with Crippen LogP contribution in [0.3, 0.4) is 0 Å². The highest BCUT2D eigenvalue weighted by Gasteiger charge is 2.47. The minimum Gasteiger partial charge on any atom is -0.382 e. The molecule has 1 aromatic carbocycles. The van der Waals surface area contributed by atoms with Gasteiger partial charge in [0.15, 0.2) is 0 Å². The summed E-state index contributed by atoms with van der Waals surface area (Å²) in [6.07, 6.45) is -12.9. The Bertz CT molecular complexity index is 1270. The van der Waals surface area contributed by atoms with Crippen LogP contribution in [0.4, 0.5) is 45.2 Å². The molecule has 2 atom stereocenters. The predicted octanol–water partition coefficient (Wildman–Crippen LogP) is 6.03. The highest BCUT2D eigenvalue weighted by atomic mass is 19.4. The first-order chi connectivity index (χ1) is 21.1. The number of benzene rings is 1. The molecule has 8 nitrogen and oxygen atoms in total. The Kier molecular flexibility index (Phi) is 12.6. The van der Waals surface area contributed by atoms with E-state index in [9.17, 15) is 44.3 Å². The van der Waals surface area contributed by atoms with Crippen molar-refractivity contribution >= 4 is 12.1 Å². The largest absolute Gasteiger partial charge is 0.433 e. The number of fused-ring (bicyclic) bond motifs is 1. The van der Waals surface area contributed by atoms with Crippen molar-refractivity contribution in [1.29, 1.82) is 0 Å². The Morgan fingerprint density at radius 1 is 0.957 bits per heavy atom. The number of nitrogens with zero attached hydrogens (tertiary/aromatic N) is 3. The van der Waals surface area contributed by atoms with Gasteiger partial charge in [-0.2, -0.15) is 39.5 Å². The molecule has 260 valence electrons. The zero-order chi connectivity index (χ0) is 35.4. The maximum Gasteiger partial charge on any atom is 0.433 e. The number of carbonyl (C=O) groups is 1. The maximum absolute atomic E-state index is 13.6. The fraction of sp³-hybridized carbons (Fsp3) is 0.586. The van der Waals surface area contributed by atoms with Crippen molar-refractivity contribution in [2.75, 3.05) is 19.1 Å². The highest BCUT2D eigenvalue weighted by Crippen LogP contribution is 2.48. The van der Waals surface area contributed by atoms with E-state index in [1.807, 2.05) is 13.8 Å². The third kappa shape index (κ3) is 10.0. The number of anilines is 1. The predicted molar refractivity (Wildman–Crippen MR) is 153 cm³/mol. The summed E-state index contributed by atoms with van der Waals surface area (Å²) < 4.78 is 126. The van der Waals surface area contributed by atoms with Gasteiger partial charge in [-0.25, -0.2) is 4.98 Å². The van der Waals surface area contributed by atoms with Crippen molar-refractivity contribution < 1.29 is 49.0 Å². The fourth-order valence-corrected chi connectivity index (χ4v) is 4.96. The Morgan fingerprint density at radius 2 is 1.46 bits per heavy atom. The summed E-state index contributed by atoms with van der Waals surface area (Å²) in [5.74, 6) is -1.94. The van der Waals surface area contributed by atoms with Gasteiger partial charge in [0.05, 0.1) is 34.7 Å². The van der Waals surface area contributed by atoms with Gasteiger partial charge >= 0.3 is 18.5 Å². The minimum absolute atomic E-state index is 0.0119. The number of halogens is 9. The summed E-state index contributed by atoms with van der Waals surface area (Å²) in [5.41, 5.74) is 11.6. The number of aromatic nitrogens is 1. The van der Waals surface area contributed by atoms with Crippen molar-refractivity contribution in [1.82, 2.24) is 9.88 Å². The molecule has 1 aliphatic heterocycles. The molecule has 0 saturated heterocycles. The van der Waals surface area contributed by atoms with Crippen LogP contribution in [0, 0.1) is 5.92 Å². The number of rotatable bonds is 7. The van der Waals surface area contributed by atoms with Gasteiger partial charge in [-0.05, 0) is 88.9 Å². The van der Waals surface area contributed by atoms with Crippen LogP contribution < -0.4 is 22.1 Å². The van der Waals surface area contributed by atoms with Crippen LogP contribution in [-0.4, -0.2) is 48.4 Å². The van der Waals surface area contributed by atoms with Crippen molar-refractivity contribution in [2.45, 2.75) is 89.1 Å². The summed E-state index contributed by atoms with van der Waals surface area (Å²) in [6.45, 7) is 4.54. The van der Waals surface area contributed by atoms with E-state index in [-0.39, 0.29) is 29.8 Å². The van der Waals surface area contributed by atoms with Gasteiger partial charge in [-0.15, -0.1) is 0 Å². The van der Waals surface area contributed by atoms with E-state index in [0.717, 1.165) is 23.8 Å². The fourth-order valence-electron chi connectivity index (χ4n) is 4.96. The Morgan fingerprint density at radius 3 is 1.83 bits per heavy atom. The van der Waals surface area contributed by atoms with Gasteiger partial charge < -0.3 is 26.8 Å². The first-order valence-corrected chi connectivity index (χ1v) is 14.1. The molecule has 4 rings (SSSR count). The molecule has 2 aliphatic rings. The summed E-state index contributed by atoms with van der Waals surface area (Å²) >= 11 is 0. The number of methoxy groups -OCH3 is 1. The summed E-state index contributed by atoms with van der Waals surface area (Å²) in [6, 6.07) is 1.05. The van der Waals surface area contributed by atoms with Crippen molar-refractivity contribution in [3.05, 3.63) is 58.4 Å². The number of alkyl halides is 9. The number of hydrogen-bond donors (Lipinski definition) is 3.